The summed E-state index contributed by atoms with van der Waals surface area (Å²) in [6, 6.07) is 8.05. The molecule has 0 aliphatic heterocycles. The van der Waals surface area contributed by atoms with Crippen LogP contribution in [0.4, 0.5) is 0 Å². The summed E-state index contributed by atoms with van der Waals surface area (Å²) in [5.41, 5.74) is 3.03. The third-order valence-electron chi connectivity index (χ3n) is 2.61. The largest absolute Gasteiger partial charge is 0.464 e. The first-order chi connectivity index (χ1) is 7.88. The average molecular weight is 229 g/mol. The minimum absolute atomic E-state index is 0.920. The standard InChI is InChI=1S/C13H11NOS/c1-2-13-14-11(8-16-13)10-7-15-12-6-4-3-5-9(10)12/h3-8H,2H2,1H3. The molecule has 0 fully saturated rings. The smallest absolute Gasteiger partial charge is 0.134 e. The first kappa shape index (κ1) is 9.60. The van der Waals surface area contributed by atoms with Crippen molar-refractivity contribution in [1.82, 2.24) is 4.98 Å². The average Bonchev–Trinajstić information content (AvgIpc) is 2.94. The van der Waals surface area contributed by atoms with Crippen LogP contribution in [-0.2, 0) is 6.42 Å². The van der Waals surface area contributed by atoms with Gasteiger partial charge >= 0.3 is 0 Å². The Hall–Kier alpha value is -1.61. The van der Waals surface area contributed by atoms with Crippen molar-refractivity contribution in [1.29, 1.82) is 0 Å². The lowest BCUT2D eigenvalue weighted by Gasteiger charge is -1.91. The van der Waals surface area contributed by atoms with Gasteiger partial charge in [-0.25, -0.2) is 4.98 Å². The van der Waals surface area contributed by atoms with E-state index >= 15 is 0 Å². The van der Waals surface area contributed by atoms with Gasteiger partial charge in [0.1, 0.15) is 11.8 Å². The van der Waals surface area contributed by atoms with Crippen LogP contribution in [-0.4, -0.2) is 4.98 Å². The Kier molecular flexibility index (Phi) is 2.26. The molecule has 16 heavy (non-hydrogen) atoms. The van der Waals surface area contributed by atoms with Crippen molar-refractivity contribution in [3.8, 4) is 11.3 Å². The highest BCUT2D eigenvalue weighted by Gasteiger charge is 2.10. The molecule has 0 aliphatic rings. The molecule has 80 valence electrons. The third kappa shape index (κ3) is 1.44. The summed E-state index contributed by atoms with van der Waals surface area (Å²) >= 11 is 1.70. The highest BCUT2D eigenvalue weighted by atomic mass is 32.1. The zero-order valence-electron chi connectivity index (χ0n) is 8.93. The van der Waals surface area contributed by atoms with Gasteiger partial charge in [0.2, 0.25) is 0 Å². The zero-order valence-corrected chi connectivity index (χ0v) is 9.75. The predicted molar refractivity (Wildman–Crippen MR) is 66.7 cm³/mol. The van der Waals surface area contributed by atoms with Crippen LogP contribution in [0.25, 0.3) is 22.2 Å². The van der Waals surface area contributed by atoms with Crippen molar-refractivity contribution in [3.05, 3.63) is 40.9 Å². The van der Waals surface area contributed by atoms with E-state index in [-0.39, 0.29) is 0 Å². The van der Waals surface area contributed by atoms with Gasteiger partial charge in [-0.15, -0.1) is 11.3 Å². The molecule has 3 rings (SSSR count). The normalized spacial score (nSPS) is 11.1. The van der Waals surface area contributed by atoms with Crippen LogP contribution in [0.15, 0.2) is 40.3 Å². The van der Waals surface area contributed by atoms with Crippen LogP contribution < -0.4 is 0 Å². The molecule has 0 aliphatic carbocycles. The van der Waals surface area contributed by atoms with Crippen molar-refractivity contribution >= 4 is 22.3 Å². The molecule has 0 unspecified atom stereocenters. The summed E-state index contributed by atoms with van der Waals surface area (Å²) in [6.45, 7) is 2.12. The van der Waals surface area contributed by atoms with Crippen LogP contribution in [0, 0.1) is 0 Å². The fourth-order valence-electron chi connectivity index (χ4n) is 1.77. The van der Waals surface area contributed by atoms with E-state index in [4.69, 9.17) is 4.42 Å². The highest BCUT2D eigenvalue weighted by molar-refractivity contribution is 7.09. The van der Waals surface area contributed by atoms with Crippen molar-refractivity contribution < 1.29 is 4.42 Å². The highest BCUT2D eigenvalue weighted by Crippen LogP contribution is 2.31. The summed E-state index contributed by atoms with van der Waals surface area (Å²) in [5.74, 6) is 0. The Bertz CT molecular complexity index is 623. The Labute approximate surface area is 97.6 Å². The van der Waals surface area contributed by atoms with Gasteiger partial charge < -0.3 is 4.42 Å². The summed E-state index contributed by atoms with van der Waals surface area (Å²) in [7, 11) is 0. The van der Waals surface area contributed by atoms with Gasteiger partial charge in [0.15, 0.2) is 0 Å². The maximum Gasteiger partial charge on any atom is 0.134 e. The topological polar surface area (TPSA) is 26.0 Å². The molecule has 2 nitrogen and oxygen atoms in total. The fraction of sp³-hybridized carbons (Fsp3) is 0.154. The number of hydrogen-bond acceptors (Lipinski definition) is 3. The molecule has 2 aromatic heterocycles. The van der Waals surface area contributed by atoms with E-state index in [2.05, 4.69) is 23.4 Å². The van der Waals surface area contributed by atoms with Crippen LogP contribution in [0.1, 0.15) is 11.9 Å². The monoisotopic (exact) mass is 229 g/mol. The Balaban J connectivity index is 2.18. The van der Waals surface area contributed by atoms with Crippen molar-refractivity contribution in [2.75, 3.05) is 0 Å². The molecule has 3 heteroatoms. The quantitative estimate of drug-likeness (QED) is 0.660. The van der Waals surface area contributed by atoms with E-state index in [9.17, 15) is 0 Å². The van der Waals surface area contributed by atoms with E-state index in [1.165, 1.54) is 5.01 Å². The van der Waals surface area contributed by atoms with Gasteiger partial charge in [0.25, 0.3) is 0 Å². The summed E-state index contributed by atoms with van der Waals surface area (Å²) in [6.07, 6.45) is 2.78. The molecule has 0 saturated heterocycles. The third-order valence-corrected chi connectivity index (χ3v) is 3.60. The maximum atomic E-state index is 5.51. The number of aryl methyl sites for hydroxylation is 1. The molecule has 2 heterocycles. The van der Waals surface area contributed by atoms with Crippen LogP contribution in [0.2, 0.25) is 0 Å². The SMILES string of the molecule is CCc1nc(-c2coc3ccccc23)cs1. The maximum absolute atomic E-state index is 5.51. The van der Waals surface area contributed by atoms with E-state index in [1.54, 1.807) is 17.6 Å². The number of nitrogens with zero attached hydrogens (tertiary/aromatic N) is 1. The lowest BCUT2D eigenvalue weighted by molar-refractivity contribution is 0.617. The summed E-state index contributed by atoms with van der Waals surface area (Å²) in [4.78, 5) is 4.58. The van der Waals surface area contributed by atoms with Gasteiger partial charge in [0, 0.05) is 16.3 Å². The Morgan fingerprint density at radius 1 is 1.31 bits per heavy atom. The Morgan fingerprint density at radius 3 is 3.00 bits per heavy atom. The molecule has 0 bridgehead atoms. The molecule has 0 N–H and O–H groups in total. The van der Waals surface area contributed by atoms with E-state index in [0.29, 0.717) is 0 Å². The van der Waals surface area contributed by atoms with Crippen LogP contribution in [0.3, 0.4) is 0 Å². The molecule has 0 radical (unpaired) electrons. The van der Waals surface area contributed by atoms with E-state index in [1.807, 2.05) is 18.2 Å². The van der Waals surface area contributed by atoms with Gasteiger partial charge in [0.05, 0.1) is 10.7 Å². The summed E-state index contributed by atoms with van der Waals surface area (Å²) in [5, 5.41) is 4.39. The van der Waals surface area contributed by atoms with Crippen molar-refractivity contribution in [2.45, 2.75) is 13.3 Å². The van der Waals surface area contributed by atoms with Crippen molar-refractivity contribution in [2.24, 2.45) is 0 Å². The number of thiazole rings is 1. The number of para-hydroxylation sites is 1. The number of aromatic nitrogens is 1. The second kappa shape index (κ2) is 3.76. The lowest BCUT2D eigenvalue weighted by Crippen LogP contribution is -1.78. The number of furan rings is 1. The Morgan fingerprint density at radius 2 is 2.19 bits per heavy atom. The number of fused-ring (bicyclic) bond motifs is 1. The van der Waals surface area contributed by atoms with E-state index in [0.717, 1.165) is 28.6 Å². The summed E-state index contributed by atoms with van der Waals surface area (Å²) < 4.78 is 5.51. The minimum Gasteiger partial charge on any atom is -0.464 e. The zero-order chi connectivity index (χ0) is 11.0. The second-order valence-corrected chi connectivity index (χ2v) is 4.57. The first-order valence-electron chi connectivity index (χ1n) is 5.29. The fourth-order valence-corrected chi connectivity index (χ4v) is 2.52. The number of hydrogen-bond donors (Lipinski definition) is 0. The van der Waals surface area contributed by atoms with Gasteiger partial charge in [-0.2, -0.15) is 0 Å². The molecular weight excluding hydrogens is 218 g/mol. The molecular formula is C13H11NOS. The molecule has 3 aromatic rings. The van der Waals surface area contributed by atoms with E-state index < -0.39 is 0 Å². The first-order valence-corrected chi connectivity index (χ1v) is 6.17. The molecule has 0 amide bonds. The molecule has 0 spiro atoms. The molecule has 0 saturated carbocycles. The second-order valence-electron chi connectivity index (χ2n) is 3.63. The van der Waals surface area contributed by atoms with Gasteiger partial charge in [-0.3, -0.25) is 0 Å². The van der Waals surface area contributed by atoms with Crippen LogP contribution in [0.5, 0.6) is 0 Å². The van der Waals surface area contributed by atoms with Crippen molar-refractivity contribution in [3.63, 3.8) is 0 Å². The lowest BCUT2D eigenvalue weighted by atomic mass is 10.1. The molecule has 1 aromatic carbocycles. The molecule has 0 atom stereocenters. The minimum atomic E-state index is 0.920. The van der Waals surface area contributed by atoms with Gasteiger partial charge in [-0.05, 0) is 12.5 Å². The predicted octanol–water partition coefficient (Wildman–Crippen LogP) is 4.12. The van der Waals surface area contributed by atoms with Gasteiger partial charge in [-0.1, -0.05) is 25.1 Å². The number of rotatable bonds is 2. The van der Waals surface area contributed by atoms with Crippen LogP contribution >= 0.6 is 11.3 Å². The number of benzene rings is 1.